The molecular weight excluding hydrogens is 342 g/mol. The number of amides is 1. The molecule has 0 bridgehead atoms. The standard InChI is InChI=1S/C22H27NO4/c1-3-18-10-12-20(13-11-18)27-17-21(24)23(15-14-22(25)26-4-2)16-19-8-6-5-7-9-19/h5-13H,3-4,14-17H2,1-2H3. The number of hydrogen-bond donors (Lipinski definition) is 0. The number of aryl methyl sites for hydroxylation is 1. The summed E-state index contributed by atoms with van der Waals surface area (Å²) in [6, 6.07) is 17.4. The molecule has 0 atom stereocenters. The number of benzene rings is 2. The molecule has 1 amide bonds. The molecule has 0 fully saturated rings. The van der Waals surface area contributed by atoms with Crippen molar-refractivity contribution in [3.05, 3.63) is 65.7 Å². The number of nitrogens with zero attached hydrogens (tertiary/aromatic N) is 1. The largest absolute Gasteiger partial charge is 0.484 e. The zero-order chi connectivity index (χ0) is 19.5. The van der Waals surface area contributed by atoms with Gasteiger partial charge in [-0.05, 0) is 36.6 Å². The maximum atomic E-state index is 12.7. The van der Waals surface area contributed by atoms with E-state index in [9.17, 15) is 9.59 Å². The van der Waals surface area contributed by atoms with Crippen molar-refractivity contribution in [3.63, 3.8) is 0 Å². The second-order valence-corrected chi connectivity index (χ2v) is 6.14. The van der Waals surface area contributed by atoms with Crippen LogP contribution in [0.2, 0.25) is 0 Å². The summed E-state index contributed by atoms with van der Waals surface area (Å²) in [5.41, 5.74) is 2.22. The normalized spacial score (nSPS) is 10.3. The predicted octanol–water partition coefficient (Wildman–Crippen LogP) is 3.61. The van der Waals surface area contributed by atoms with Gasteiger partial charge in [-0.15, -0.1) is 0 Å². The summed E-state index contributed by atoms with van der Waals surface area (Å²) in [4.78, 5) is 26.0. The van der Waals surface area contributed by atoms with Crippen molar-refractivity contribution in [1.82, 2.24) is 4.90 Å². The van der Waals surface area contributed by atoms with Crippen LogP contribution in [0.15, 0.2) is 54.6 Å². The molecule has 0 aliphatic carbocycles. The van der Waals surface area contributed by atoms with E-state index in [4.69, 9.17) is 9.47 Å². The quantitative estimate of drug-likeness (QED) is 0.601. The Balaban J connectivity index is 1.96. The maximum absolute atomic E-state index is 12.7. The van der Waals surface area contributed by atoms with Crippen molar-refractivity contribution in [1.29, 1.82) is 0 Å². The van der Waals surface area contributed by atoms with E-state index in [1.165, 1.54) is 5.56 Å². The van der Waals surface area contributed by atoms with Gasteiger partial charge in [0.2, 0.25) is 0 Å². The summed E-state index contributed by atoms with van der Waals surface area (Å²) in [5, 5.41) is 0. The van der Waals surface area contributed by atoms with Gasteiger partial charge in [-0.1, -0.05) is 49.4 Å². The fraction of sp³-hybridized carbons (Fsp3) is 0.364. The lowest BCUT2D eigenvalue weighted by molar-refractivity contribution is -0.144. The third kappa shape index (κ3) is 7.13. The molecule has 0 spiro atoms. The molecule has 0 heterocycles. The van der Waals surface area contributed by atoms with Gasteiger partial charge in [0, 0.05) is 13.1 Å². The first-order valence-electron chi connectivity index (χ1n) is 9.31. The average molecular weight is 369 g/mol. The van der Waals surface area contributed by atoms with Gasteiger partial charge in [0.05, 0.1) is 13.0 Å². The molecule has 0 aliphatic rings. The second kappa shape index (κ2) is 11.0. The number of carbonyl (C=O) groups excluding carboxylic acids is 2. The van der Waals surface area contributed by atoms with E-state index < -0.39 is 0 Å². The van der Waals surface area contributed by atoms with E-state index in [1.807, 2.05) is 54.6 Å². The van der Waals surface area contributed by atoms with Crippen LogP contribution in [-0.4, -0.2) is 36.5 Å². The van der Waals surface area contributed by atoms with Gasteiger partial charge < -0.3 is 14.4 Å². The Morgan fingerprint density at radius 3 is 2.26 bits per heavy atom. The minimum Gasteiger partial charge on any atom is -0.484 e. The smallest absolute Gasteiger partial charge is 0.307 e. The Morgan fingerprint density at radius 1 is 0.926 bits per heavy atom. The molecule has 144 valence electrons. The van der Waals surface area contributed by atoms with Crippen LogP contribution in [0.25, 0.3) is 0 Å². The Labute approximate surface area is 160 Å². The van der Waals surface area contributed by atoms with E-state index in [-0.39, 0.29) is 24.9 Å². The Hall–Kier alpha value is -2.82. The molecule has 2 rings (SSSR count). The zero-order valence-electron chi connectivity index (χ0n) is 16.0. The summed E-state index contributed by atoms with van der Waals surface area (Å²) in [6.45, 7) is 4.85. The molecule has 0 saturated carbocycles. The molecule has 2 aromatic rings. The first-order chi connectivity index (χ1) is 13.1. The van der Waals surface area contributed by atoms with E-state index in [0.717, 1.165) is 12.0 Å². The summed E-state index contributed by atoms with van der Waals surface area (Å²) in [6.07, 6.45) is 1.12. The molecular formula is C22H27NO4. The zero-order valence-corrected chi connectivity index (χ0v) is 16.0. The molecule has 0 saturated heterocycles. The lowest BCUT2D eigenvalue weighted by atomic mass is 10.2. The van der Waals surface area contributed by atoms with Crippen LogP contribution in [-0.2, 0) is 27.3 Å². The highest BCUT2D eigenvalue weighted by atomic mass is 16.5. The number of esters is 1. The molecule has 5 nitrogen and oxygen atoms in total. The summed E-state index contributed by atoms with van der Waals surface area (Å²) < 4.78 is 10.6. The third-order valence-corrected chi connectivity index (χ3v) is 4.15. The van der Waals surface area contributed by atoms with Crippen LogP contribution < -0.4 is 4.74 Å². The molecule has 2 aromatic carbocycles. The molecule has 0 radical (unpaired) electrons. The first kappa shape index (κ1) is 20.5. The van der Waals surface area contributed by atoms with Crippen LogP contribution in [0.4, 0.5) is 0 Å². The Morgan fingerprint density at radius 2 is 1.63 bits per heavy atom. The summed E-state index contributed by atoms with van der Waals surface area (Å²) in [5.74, 6) is 0.188. The molecule has 0 N–H and O–H groups in total. The maximum Gasteiger partial charge on any atom is 0.307 e. The minimum absolute atomic E-state index is 0.0683. The van der Waals surface area contributed by atoms with E-state index >= 15 is 0 Å². The fourth-order valence-corrected chi connectivity index (χ4v) is 2.61. The van der Waals surface area contributed by atoms with Crippen molar-refractivity contribution in [2.75, 3.05) is 19.8 Å². The van der Waals surface area contributed by atoms with E-state index in [1.54, 1.807) is 11.8 Å². The molecule has 5 heteroatoms. The predicted molar refractivity (Wildman–Crippen MR) is 104 cm³/mol. The highest BCUT2D eigenvalue weighted by Crippen LogP contribution is 2.13. The summed E-state index contributed by atoms with van der Waals surface area (Å²) in [7, 11) is 0. The molecule has 0 unspecified atom stereocenters. The first-order valence-corrected chi connectivity index (χ1v) is 9.31. The van der Waals surface area contributed by atoms with Crippen molar-refractivity contribution in [2.45, 2.75) is 33.2 Å². The monoisotopic (exact) mass is 369 g/mol. The number of ether oxygens (including phenoxy) is 2. The highest BCUT2D eigenvalue weighted by molar-refractivity contribution is 5.78. The van der Waals surface area contributed by atoms with Gasteiger partial charge in [-0.3, -0.25) is 9.59 Å². The van der Waals surface area contributed by atoms with Crippen molar-refractivity contribution < 1.29 is 19.1 Å². The van der Waals surface area contributed by atoms with Crippen LogP contribution in [0.3, 0.4) is 0 Å². The lowest BCUT2D eigenvalue weighted by Crippen LogP contribution is -2.36. The van der Waals surface area contributed by atoms with Gasteiger partial charge in [-0.25, -0.2) is 0 Å². The minimum atomic E-state index is -0.306. The molecule has 27 heavy (non-hydrogen) atoms. The van der Waals surface area contributed by atoms with Crippen molar-refractivity contribution >= 4 is 11.9 Å². The van der Waals surface area contributed by atoms with Gasteiger partial charge in [0.15, 0.2) is 6.61 Å². The highest BCUT2D eigenvalue weighted by Gasteiger charge is 2.17. The van der Waals surface area contributed by atoms with Gasteiger partial charge in [0.25, 0.3) is 5.91 Å². The molecule has 0 aromatic heterocycles. The van der Waals surface area contributed by atoms with Gasteiger partial charge >= 0.3 is 5.97 Å². The third-order valence-electron chi connectivity index (χ3n) is 4.15. The Kier molecular flexibility index (Phi) is 8.36. The number of rotatable bonds is 10. The average Bonchev–Trinajstić information content (AvgIpc) is 2.70. The van der Waals surface area contributed by atoms with Crippen LogP contribution in [0.5, 0.6) is 5.75 Å². The second-order valence-electron chi connectivity index (χ2n) is 6.14. The van der Waals surface area contributed by atoms with Crippen molar-refractivity contribution in [2.24, 2.45) is 0 Å². The Bertz CT molecular complexity index is 713. The number of carbonyl (C=O) groups is 2. The molecule has 0 aliphatic heterocycles. The topological polar surface area (TPSA) is 55.8 Å². The van der Waals surface area contributed by atoms with Gasteiger partial charge in [-0.2, -0.15) is 0 Å². The SMILES string of the molecule is CCOC(=O)CCN(Cc1ccccc1)C(=O)COc1ccc(CC)cc1. The van der Waals surface area contributed by atoms with Gasteiger partial charge in [0.1, 0.15) is 5.75 Å². The fourth-order valence-electron chi connectivity index (χ4n) is 2.61. The van der Waals surface area contributed by atoms with Crippen LogP contribution in [0, 0.1) is 0 Å². The number of hydrogen-bond acceptors (Lipinski definition) is 4. The van der Waals surface area contributed by atoms with Crippen LogP contribution in [0.1, 0.15) is 31.4 Å². The summed E-state index contributed by atoms with van der Waals surface area (Å²) >= 11 is 0. The van der Waals surface area contributed by atoms with E-state index in [0.29, 0.717) is 25.4 Å². The lowest BCUT2D eigenvalue weighted by Gasteiger charge is -2.22. The van der Waals surface area contributed by atoms with Crippen LogP contribution >= 0.6 is 0 Å². The van der Waals surface area contributed by atoms with Crippen molar-refractivity contribution in [3.8, 4) is 5.75 Å². The van der Waals surface area contributed by atoms with E-state index in [2.05, 4.69) is 6.92 Å².